The number of carbonyl (C=O) groups excluding carboxylic acids is 1. The molecular weight excluding hydrogens is 264 g/mol. The van der Waals surface area contributed by atoms with E-state index in [2.05, 4.69) is 10.3 Å². The third kappa shape index (κ3) is 3.14. The van der Waals surface area contributed by atoms with Gasteiger partial charge in [-0.3, -0.25) is 4.79 Å². The van der Waals surface area contributed by atoms with Gasteiger partial charge in [-0.15, -0.1) is 0 Å². The summed E-state index contributed by atoms with van der Waals surface area (Å²) in [4.78, 5) is 26.4. The number of pyridine rings is 1. The van der Waals surface area contributed by atoms with Gasteiger partial charge in [-0.1, -0.05) is 6.07 Å². The van der Waals surface area contributed by atoms with E-state index in [0.717, 1.165) is 11.8 Å². The van der Waals surface area contributed by atoms with E-state index in [1.54, 1.807) is 18.3 Å². The van der Waals surface area contributed by atoms with E-state index in [4.69, 9.17) is 14.3 Å². The summed E-state index contributed by atoms with van der Waals surface area (Å²) in [5.41, 5.74) is 0.713. The lowest BCUT2D eigenvalue weighted by molar-refractivity contribution is 0.0696. The third-order valence-electron chi connectivity index (χ3n) is 2.53. The van der Waals surface area contributed by atoms with E-state index in [-0.39, 0.29) is 17.9 Å². The van der Waals surface area contributed by atoms with Crippen LogP contribution in [-0.4, -0.2) is 29.1 Å². The van der Waals surface area contributed by atoms with Gasteiger partial charge in [0.1, 0.15) is 6.26 Å². The first-order chi connectivity index (χ1) is 9.60. The maximum Gasteiger partial charge on any atom is 0.338 e. The number of methoxy groups -OCH3 is 1. The first-order valence-electron chi connectivity index (χ1n) is 5.69. The molecule has 0 saturated carbocycles. The van der Waals surface area contributed by atoms with Gasteiger partial charge >= 0.3 is 5.97 Å². The van der Waals surface area contributed by atoms with E-state index in [9.17, 15) is 9.59 Å². The second-order valence-corrected chi connectivity index (χ2v) is 3.90. The molecular formula is C13H12N2O5. The quantitative estimate of drug-likeness (QED) is 0.853. The maximum atomic E-state index is 11.7. The van der Waals surface area contributed by atoms with Crippen molar-refractivity contribution >= 4 is 11.9 Å². The highest BCUT2D eigenvalue weighted by Gasteiger charge is 2.14. The summed E-state index contributed by atoms with van der Waals surface area (Å²) in [6, 6.07) is 4.61. The van der Waals surface area contributed by atoms with E-state index in [1.165, 1.54) is 13.2 Å². The van der Waals surface area contributed by atoms with Gasteiger partial charge in [-0.05, 0) is 5.56 Å². The van der Waals surface area contributed by atoms with Crippen molar-refractivity contribution in [1.29, 1.82) is 0 Å². The van der Waals surface area contributed by atoms with Gasteiger partial charge in [-0.25, -0.2) is 9.78 Å². The van der Waals surface area contributed by atoms with Crippen LogP contribution in [0.1, 0.15) is 26.5 Å². The zero-order valence-electron chi connectivity index (χ0n) is 10.6. The minimum absolute atomic E-state index is 0.0520. The number of carboxylic acids is 1. The Hall–Kier alpha value is -2.83. The fourth-order valence-electron chi connectivity index (χ4n) is 1.47. The molecule has 2 heterocycles. The number of nitrogens with zero attached hydrogens (tertiary/aromatic N) is 1. The Kier molecular flexibility index (Phi) is 3.99. The summed E-state index contributed by atoms with van der Waals surface area (Å²) in [5.74, 6) is -1.21. The van der Waals surface area contributed by atoms with Crippen LogP contribution in [0.25, 0.3) is 0 Å². The lowest BCUT2D eigenvalue weighted by Crippen LogP contribution is -2.22. The summed E-state index contributed by atoms with van der Waals surface area (Å²) in [6.07, 6.45) is 2.59. The summed E-state index contributed by atoms with van der Waals surface area (Å²) in [5, 5.41) is 11.3. The van der Waals surface area contributed by atoms with Crippen LogP contribution < -0.4 is 10.1 Å². The number of nitrogens with one attached hydrogen (secondary N) is 1. The molecule has 0 spiro atoms. The number of carbonyl (C=O) groups is 2. The SMILES string of the molecule is COc1ccc(CNC(=O)c2cc(C(=O)O)co2)cn1. The average molecular weight is 276 g/mol. The van der Waals surface area contributed by atoms with Crippen LogP contribution in [0.15, 0.2) is 35.1 Å². The number of hydrogen-bond acceptors (Lipinski definition) is 5. The second kappa shape index (κ2) is 5.87. The molecule has 0 atom stereocenters. The minimum Gasteiger partial charge on any atom is -0.481 e. The Labute approximate surface area is 114 Å². The summed E-state index contributed by atoms with van der Waals surface area (Å²) in [6.45, 7) is 0.249. The molecule has 7 nitrogen and oxygen atoms in total. The van der Waals surface area contributed by atoms with Gasteiger partial charge < -0.3 is 19.6 Å². The smallest absolute Gasteiger partial charge is 0.338 e. The van der Waals surface area contributed by atoms with Crippen LogP contribution in [0.3, 0.4) is 0 Å². The summed E-state index contributed by atoms with van der Waals surface area (Å²) < 4.78 is 9.80. The molecule has 2 rings (SSSR count). The number of amides is 1. The lowest BCUT2D eigenvalue weighted by Gasteiger charge is -2.04. The van der Waals surface area contributed by atoms with Gasteiger partial charge in [0.25, 0.3) is 5.91 Å². The Morgan fingerprint density at radius 1 is 1.45 bits per heavy atom. The van der Waals surface area contributed by atoms with Crippen LogP contribution >= 0.6 is 0 Å². The van der Waals surface area contributed by atoms with Gasteiger partial charge in [0, 0.05) is 24.9 Å². The molecule has 2 aromatic rings. The minimum atomic E-state index is -1.15. The number of hydrogen-bond donors (Lipinski definition) is 2. The molecule has 1 amide bonds. The van der Waals surface area contributed by atoms with Gasteiger partial charge in [0.05, 0.1) is 12.7 Å². The van der Waals surface area contributed by atoms with Crippen molar-refractivity contribution in [3.8, 4) is 5.88 Å². The fraction of sp³-hybridized carbons (Fsp3) is 0.154. The largest absolute Gasteiger partial charge is 0.481 e. The van der Waals surface area contributed by atoms with Crippen molar-refractivity contribution in [1.82, 2.24) is 10.3 Å². The third-order valence-corrected chi connectivity index (χ3v) is 2.53. The normalized spacial score (nSPS) is 10.1. The van der Waals surface area contributed by atoms with Crippen molar-refractivity contribution in [3.63, 3.8) is 0 Å². The van der Waals surface area contributed by atoms with Crippen molar-refractivity contribution < 1.29 is 23.8 Å². The predicted octanol–water partition coefficient (Wildman–Crippen LogP) is 1.31. The first-order valence-corrected chi connectivity index (χ1v) is 5.69. The lowest BCUT2D eigenvalue weighted by atomic mass is 10.2. The van der Waals surface area contributed by atoms with Gasteiger partial charge in [-0.2, -0.15) is 0 Å². The molecule has 2 N–H and O–H groups in total. The Morgan fingerprint density at radius 3 is 2.80 bits per heavy atom. The molecule has 0 aromatic carbocycles. The predicted molar refractivity (Wildman–Crippen MR) is 67.6 cm³/mol. The standard InChI is InChI=1S/C13H12N2O5/c1-19-11-3-2-8(5-14-11)6-15-12(16)10-4-9(7-20-10)13(17)18/h2-5,7H,6H2,1H3,(H,15,16)(H,17,18). The van der Waals surface area contributed by atoms with Gasteiger partial charge in [0.2, 0.25) is 5.88 Å². The molecule has 2 aromatic heterocycles. The number of ether oxygens (including phenoxy) is 1. The van der Waals surface area contributed by atoms with Gasteiger partial charge in [0.15, 0.2) is 5.76 Å². The number of aromatic nitrogens is 1. The summed E-state index contributed by atoms with van der Waals surface area (Å²) in [7, 11) is 1.51. The first kappa shape index (κ1) is 13.6. The van der Waals surface area contributed by atoms with Crippen LogP contribution in [0.2, 0.25) is 0 Å². The van der Waals surface area contributed by atoms with Crippen molar-refractivity contribution in [2.75, 3.05) is 7.11 Å². The Balaban J connectivity index is 1.95. The molecule has 20 heavy (non-hydrogen) atoms. The van der Waals surface area contributed by atoms with Crippen molar-refractivity contribution in [2.24, 2.45) is 0 Å². The molecule has 104 valence electrons. The monoisotopic (exact) mass is 276 g/mol. The van der Waals surface area contributed by atoms with E-state index in [0.29, 0.717) is 5.88 Å². The zero-order valence-corrected chi connectivity index (χ0v) is 10.6. The molecule has 0 saturated heterocycles. The molecule has 0 aliphatic carbocycles. The topological polar surface area (TPSA) is 102 Å². The van der Waals surface area contributed by atoms with Crippen molar-refractivity contribution in [2.45, 2.75) is 6.54 Å². The Morgan fingerprint density at radius 2 is 2.25 bits per heavy atom. The number of furan rings is 1. The molecule has 0 aliphatic heterocycles. The highest BCUT2D eigenvalue weighted by molar-refractivity contribution is 5.95. The second-order valence-electron chi connectivity index (χ2n) is 3.90. The number of rotatable bonds is 5. The zero-order chi connectivity index (χ0) is 14.5. The van der Waals surface area contributed by atoms with Crippen LogP contribution in [0, 0.1) is 0 Å². The average Bonchev–Trinajstić information content (AvgIpc) is 2.95. The van der Waals surface area contributed by atoms with Crippen LogP contribution in [0.5, 0.6) is 5.88 Å². The number of carboxylic acid groups (broad SMARTS) is 1. The van der Waals surface area contributed by atoms with E-state index < -0.39 is 11.9 Å². The van der Waals surface area contributed by atoms with Crippen LogP contribution in [0.4, 0.5) is 0 Å². The molecule has 0 radical (unpaired) electrons. The molecule has 7 heteroatoms. The Bertz CT molecular complexity index is 618. The van der Waals surface area contributed by atoms with Crippen LogP contribution in [-0.2, 0) is 6.54 Å². The van der Waals surface area contributed by atoms with E-state index >= 15 is 0 Å². The number of aromatic carboxylic acids is 1. The molecule has 0 bridgehead atoms. The fourth-order valence-corrected chi connectivity index (χ4v) is 1.47. The molecule has 0 unspecified atom stereocenters. The van der Waals surface area contributed by atoms with E-state index in [1.807, 2.05) is 0 Å². The highest BCUT2D eigenvalue weighted by atomic mass is 16.5. The molecule has 0 fully saturated rings. The highest BCUT2D eigenvalue weighted by Crippen LogP contribution is 2.09. The maximum absolute atomic E-state index is 11.7. The summed E-state index contributed by atoms with van der Waals surface area (Å²) >= 11 is 0. The molecule has 0 aliphatic rings. The van der Waals surface area contributed by atoms with Crippen molar-refractivity contribution in [3.05, 3.63) is 47.5 Å².